The molecule has 1 aromatic rings. The lowest BCUT2D eigenvalue weighted by Crippen LogP contribution is -2.44. The molecule has 2 amide bonds. The Bertz CT molecular complexity index is 785. The highest BCUT2D eigenvalue weighted by molar-refractivity contribution is 6.23. The van der Waals surface area contributed by atoms with Crippen molar-refractivity contribution in [2.24, 2.45) is 11.8 Å². The summed E-state index contributed by atoms with van der Waals surface area (Å²) in [7, 11) is 0. The van der Waals surface area contributed by atoms with Gasteiger partial charge >= 0.3 is 5.97 Å². The number of esters is 1. The fourth-order valence-corrected chi connectivity index (χ4v) is 3.90. The van der Waals surface area contributed by atoms with Crippen molar-refractivity contribution in [2.75, 3.05) is 11.5 Å². The molecule has 0 N–H and O–H groups in total. The van der Waals surface area contributed by atoms with Crippen molar-refractivity contribution in [3.63, 3.8) is 0 Å². The predicted octanol–water partition coefficient (Wildman–Crippen LogP) is 1.37. The number of aryl methyl sites for hydroxylation is 1. The number of nitrogens with zero attached hydrogens (tertiary/aromatic N) is 1. The first-order valence-corrected chi connectivity index (χ1v) is 7.88. The molecule has 3 heterocycles. The smallest absolute Gasteiger partial charge is 0.302 e. The van der Waals surface area contributed by atoms with Gasteiger partial charge < -0.3 is 9.47 Å². The first-order valence-electron chi connectivity index (χ1n) is 7.88. The summed E-state index contributed by atoms with van der Waals surface area (Å²) in [4.78, 5) is 38.3. The second kappa shape index (κ2) is 5.01. The number of hydrogen-bond acceptors (Lipinski definition) is 5. The van der Waals surface area contributed by atoms with Crippen LogP contribution < -0.4 is 4.90 Å². The van der Waals surface area contributed by atoms with Crippen molar-refractivity contribution >= 4 is 23.5 Å². The number of fused-ring (bicyclic) bond motifs is 5. The van der Waals surface area contributed by atoms with Crippen LogP contribution in [0.5, 0.6) is 0 Å². The molecule has 3 aliphatic heterocycles. The van der Waals surface area contributed by atoms with Gasteiger partial charge in [0.25, 0.3) is 0 Å². The SMILES string of the molecule is CC(=O)OC[C@@]12C=C[C@@H](O1)[C@@H]1C(=O)N(c3cccc(C)c3)C(=O)[C@H]12. The van der Waals surface area contributed by atoms with Gasteiger partial charge in [0.05, 0.1) is 23.6 Å². The third-order valence-corrected chi connectivity index (χ3v) is 4.92. The molecule has 6 nitrogen and oxygen atoms in total. The summed E-state index contributed by atoms with van der Waals surface area (Å²) >= 11 is 0. The monoisotopic (exact) mass is 327 g/mol. The lowest BCUT2D eigenvalue weighted by atomic mass is 9.77. The van der Waals surface area contributed by atoms with Crippen LogP contribution in [-0.2, 0) is 23.9 Å². The van der Waals surface area contributed by atoms with E-state index in [1.165, 1.54) is 11.8 Å². The Hall–Kier alpha value is -2.47. The third kappa shape index (κ3) is 1.96. The topological polar surface area (TPSA) is 72.9 Å². The van der Waals surface area contributed by atoms with E-state index in [1.807, 2.05) is 25.1 Å². The second-order valence-electron chi connectivity index (χ2n) is 6.53. The van der Waals surface area contributed by atoms with Gasteiger partial charge in [0, 0.05) is 6.92 Å². The van der Waals surface area contributed by atoms with E-state index in [0.717, 1.165) is 5.56 Å². The van der Waals surface area contributed by atoms with E-state index in [0.29, 0.717) is 5.69 Å². The fourth-order valence-electron chi connectivity index (χ4n) is 3.90. The number of anilines is 1. The minimum absolute atomic E-state index is 0.0584. The van der Waals surface area contributed by atoms with Gasteiger partial charge in [-0.05, 0) is 30.7 Å². The fraction of sp³-hybridized carbons (Fsp3) is 0.389. The summed E-state index contributed by atoms with van der Waals surface area (Å²) < 4.78 is 11.0. The molecule has 2 saturated heterocycles. The number of carbonyl (C=O) groups is 3. The van der Waals surface area contributed by atoms with Crippen molar-refractivity contribution in [3.8, 4) is 0 Å². The quantitative estimate of drug-likeness (QED) is 0.476. The van der Waals surface area contributed by atoms with Gasteiger partial charge in [-0.1, -0.05) is 18.2 Å². The van der Waals surface area contributed by atoms with Crippen molar-refractivity contribution in [2.45, 2.75) is 25.6 Å². The molecular weight excluding hydrogens is 310 g/mol. The number of benzene rings is 1. The Morgan fingerprint density at radius 3 is 2.83 bits per heavy atom. The second-order valence-corrected chi connectivity index (χ2v) is 6.53. The van der Waals surface area contributed by atoms with Crippen LogP contribution in [0.2, 0.25) is 0 Å². The highest BCUT2D eigenvalue weighted by atomic mass is 16.6. The molecule has 6 heteroatoms. The number of rotatable bonds is 3. The molecule has 0 radical (unpaired) electrons. The molecule has 24 heavy (non-hydrogen) atoms. The Labute approximate surface area is 139 Å². The number of carbonyl (C=O) groups excluding carboxylic acids is 3. The maximum absolute atomic E-state index is 13.0. The predicted molar refractivity (Wildman–Crippen MR) is 84.0 cm³/mol. The summed E-state index contributed by atoms with van der Waals surface area (Å²) in [6.45, 7) is 3.16. The third-order valence-electron chi connectivity index (χ3n) is 4.92. The number of ether oxygens (including phenoxy) is 2. The van der Waals surface area contributed by atoms with Crippen LogP contribution in [0.15, 0.2) is 36.4 Å². The largest absolute Gasteiger partial charge is 0.462 e. The molecule has 2 fully saturated rings. The molecule has 3 aliphatic rings. The number of amides is 2. The van der Waals surface area contributed by atoms with Gasteiger partial charge in [0.1, 0.15) is 12.2 Å². The average Bonchev–Trinajstić information content (AvgIpc) is 3.16. The maximum Gasteiger partial charge on any atom is 0.302 e. The molecule has 0 spiro atoms. The highest BCUT2D eigenvalue weighted by Gasteiger charge is 2.68. The normalized spacial score (nSPS) is 33.2. The van der Waals surface area contributed by atoms with E-state index >= 15 is 0 Å². The molecule has 0 aromatic heterocycles. The Morgan fingerprint density at radius 1 is 1.33 bits per heavy atom. The lowest BCUT2D eigenvalue weighted by Gasteiger charge is -2.28. The van der Waals surface area contributed by atoms with Crippen molar-refractivity contribution in [1.82, 2.24) is 0 Å². The van der Waals surface area contributed by atoms with E-state index in [4.69, 9.17) is 9.47 Å². The molecule has 0 aliphatic carbocycles. The Balaban J connectivity index is 1.70. The summed E-state index contributed by atoms with van der Waals surface area (Å²) in [5.41, 5.74) is 0.505. The number of imide groups is 1. The average molecular weight is 327 g/mol. The standard InChI is InChI=1S/C18H17NO5/c1-10-4-3-5-12(8-10)19-16(21)14-13-6-7-18(24-13,9-23-11(2)20)15(14)17(19)22/h3-8,13-15H,9H2,1-2H3/t13-,14+,15+,18-/m1/s1. The Kier molecular flexibility index (Phi) is 3.15. The molecule has 0 saturated carbocycles. The summed E-state index contributed by atoms with van der Waals surface area (Å²) in [6.07, 6.45) is 3.10. The minimum atomic E-state index is -1.04. The van der Waals surface area contributed by atoms with E-state index < -0.39 is 29.5 Å². The minimum Gasteiger partial charge on any atom is -0.462 e. The van der Waals surface area contributed by atoms with Crippen molar-refractivity contribution < 1.29 is 23.9 Å². The van der Waals surface area contributed by atoms with E-state index in [2.05, 4.69) is 0 Å². The zero-order valence-electron chi connectivity index (χ0n) is 13.4. The van der Waals surface area contributed by atoms with Crippen LogP contribution in [0.4, 0.5) is 5.69 Å². The molecule has 1 aromatic carbocycles. The van der Waals surface area contributed by atoms with E-state index in [1.54, 1.807) is 18.2 Å². The van der Waals surface area contributed by atoms with Gasteiger partial charge in [-0.2, -0.15) is 0 Å². The highest BCUT2D eigenvalue weighted by Crippen LogP contribution is 2.52. The van der Waals surface area contributed by atoms with Gasteiger partial charge in [0.2, 0.25) is 11.8 Å². The summed E-state index contributed by atoms with van der Waals surface area (Å²) in [6, 6.07) is 7.29. The van der Waals surface area contributed by atoms with Gasteiger partial charge in [-0.25, -0.2) is 4.90 Å². The lowest BCUT2D eigenvalue weighted by molar-refractivity contribution is -0.150. The van der Waals surface area contributed by atoms with Crippen LogP contribution in [0, 0.1) is 18.8 Å². The summed E-state index contributed by atoms with van der Waals surface area (Å²) in [5.74, 6) is -2.21. The van der Waals surface area contributed by atoms with Gasteiger partial charge in [-0.15, -0.1) is 0 Å². The summed E-state index contributed by atoms with van der Waals surface area (Å²) in [5, 5.41) is 0. The Morgan fingerprint density at radius 2 is 2.12 bits per heavy atom. The van der Waals surface area contributed by atoms with Gasteiger partial charge in [0.15, 0.2) is 0 Å². The van der Waals surface area contributed by atoms with Gasteiger partial charge in [-0.3, -0.25) is 14.4 Å². The van der Waals surface area contributed by atoms with Crippen LogP contribution in [0.25, 0.3) is 0 Å². The molecule has 0 unspecified atom stereocenters. The molecule has 4 atom stereocenters. The van der Waals surface area contributed by atoms with Crippen LogP contribution in [0.3, 0.4) is 0 Å². The van der Waals surface area contributed by atoms with Crippen LogP contribution in [0.1, 0.15) is 12.5 Å². The van der Waals surface area contributed by atoms with Crippen molar-refractivity contribution in [3.05, 3.63) is 42.0 Å². The zero-order chi connectivity index (χ0) is 17.1. The first kappa shape index (κ1) is 15.1. The van der Waals surface area contributed by atoms with E-state index in [-0.39, 0.29) is 18.4 Å². The molecular formula is C18H17NO5. The van der Waals surface area contributed by atoms with Crippen LogP contribution in [-0.4, -0.2) is 36.1 Å². The van der Waals surface area contributed by atoms with Crippen LogP contribution >= 0.6 is 0 Å². The van der Waals surface area contributed by atoms with E-state index in [9.17, 15) is 14.4 Å². The first-order chi connectivity index (χ1) is 11.4. The maximum atomic E-state index is 13.0. The zero-order valence-corrected chi connectivity index (χ0v) is 13.4. The molecule has 2 bridgehead atoms. The van der Waals surface area contributed by atoms with Crippen molar-refractivity contribution in [1.29, 1.82) is 0 Å². The molecule has 4 rings (SSSR count). The number of hydrogen-bond donors (Lipinski definition) is 0. The molecule has 124 valence electrons.